The van der Waals surface area contributed by atoms with Gasteiger partial charge in [0.05, 0.1) is 23.8 Å². The fourth-order valence-corrected chi connectivity index (χ4v) is 2.72. The minimum atomic E-state index is -0.521. The van der Waals surface area contributed by atoms with Crippen LogP contribution in [0.1, 0.15) is 11.5 Å². The lowest BCUT2D eigenvalue weighted by molar-refractivity contribution is -0.404. The Hall–Kier alpha value is -2.37. The van der Waals surface area contributed by atoms with Gasteiger partial charge >= 0.3 is 0 Å². The quantitative estimate of drug-likeness (QED) is 0.182. The maximum Gasteiger partial charge on any atom is 0.274 e. The second-order valence-electron chi connectivity index (χ2n) is 5.22. The van der Waals surface area contributed by atoms with Gasteiger partial charge in [0.2, 0.25) is 0 Å². The molecule has 7 nitrogen and oxygen atoms in total. The van der Waals surface area contributed by atoms with Gasteiger partial charge in [0.1, 0.15) is 11.5 Å². The molecule has 136 valence electrons. The molecule has 1 aromatic heterocycles. The van der Waals surface area contributed by atoms with E-state index in [1.165, 1.54) is 0 Å². The van der Waals surface area contributed by atoms with Crippen molar-refractivity contribution in [3.8, 4) is 12.3 Å². The van der Waals surface area contributed by atoms with Crippen molar-refractivity contribution >= 4 is 11.8 Å². The number of rotatable bonds is 13. The summed E-state index contributed by atoms with van der Waals surface area (Å²) in [4.78, 5) is 12.1. The van der Waals surface area contributed by atoms with Gasteiger partial charge in [0.25, 0.3) is 6.20 Å². The molecule has 0 aliphatic rings. The molecule has 0 amide bonds. The van der Waals surface area contributed by atoms with Crippen molar-refractivity contribution in [2.24, 2.45) is 0 Å². The second-order valence-corrected chi connectivity index (χ2v) is 6.32. The lowest BCUT2D eigenvalue weighted by Crippen LogP contribution is -2.29. The molecule has 2 N–H and O–H groups in total. The molecule has 0 saturated heterocycles. The summed E-state index contributed by atoms with van der Waals surface area (Å²) >= 11 is 1.68. The average molecular weight is 364 g/mol. The molecule has 0 atom stereocenters. The molecular formula is C17H24N4O3S. The Bertz CT molecular complexity index is 622. The van der Waals surface area contributed by atoms with Gasteiger partial charge in [-0.2, -0.15) is 11.8 Å². The Balaban J connectivity index is 2.28. The van der Waals surface area contributed by atoms with E-state index in [0.29, 0.717) is 12.4 Å². The maximum atomic E-state index is 10.5. The molecular weight excluding hydrogens is 340 g/mol. The smallest absolute Gasteiger partial charge is 0.274 e. The van der Waals surface area contributed by atoms with Gasteiger partial charge < -0.3 is 15.1 Å². The molecule has 0 spiro atoms. The van der Waals surface area contributed by atoms with E-state index in [2.05, 4.69) is 28.0 Å². The van der Waals surface area contributed by atoms with Crippen molar-refractivity contribution in [2.45, 2.75) is 12.3 Å². The van der Waals surface area contributed by atoms with Crippen molar-refractivity contribution in [3.63, 3.8) is 0 Å². The number of likely N-dealkylation sites (N-methyl/N-ethyl adjacent to an activating group) is 1. The third-order valence-corrected chi connectivity index (χ3v) is 3.99. The summed E-state index contributed by atoms with van der Waals surface area (Å²) < 4.78 is 5.78. The normalized spacial score (nSPS) is 11.2. The number of thioether (sulfide) groups is 1. The Morgan fingerprint density at radius 2 is 2.28 bits per heavy atom. The number of furan rings is 1. The standard InChI is InChI=1S/C17H24N4O3S/c1-4-8-18-17(13-21(22)23)19-9-11-25-14-16-7-6-15(24-16)12-20(3)10-5-2/h1,5-7,13,18-19H,2,8-12,14H2,3H3. The molecule has 0 aliphatic heterocycles. The van der Waals surface area contributed by atoms with E-state index in [-0.39, 0.29) is 6.54 Å². The first kappa shape index (κ1) is 20.7. The zero-order chi connectivity index (χ0) is 18.5. The van der Waals surface area contributed by atoms with Gasteiger partial charge in [-0.25, -0.2) is 0 Å². The van der Waals surface area contributed by atoms with Crippen LogP contribution in [0.25, 0.3) is 0 Å². The maximum absolute atomic E-state index is 10.5. The number of terminal acetylenes is 1. The molecule has 1 heterocycles. The van der Waals surface area contributed by atoms with E-state index < -0.39 is 4.92 Å². The molecule has 1 rings (SSSR count). The highest BCUT2D eigenvalue weighted by Gasteiger charge is 2.05. The molecule has 0 saturated carbocycles. The summed E-state index contributed by atoms with van der Waals surface area (Å²) in [6.45, 7) is 6.08. The highest BCUT2D eigenvalue weighted by molar-refractivity contribution is 7.98. The van der Waals surface area contributed by atoms with Gasteiger partial charge in [-0.1, -0.05) is 12.0 Å². The summed E-state index contributed by atoms with van der Waals surface area (Å²) in [5.74, 6) is 6.06. The zero-order valence-electron chi connectivity index (χ0n) is 14.4. The van der Waals surface area contributed by atoms with Crippen LogP contribution in [0.5, 0.6) is 0 Å². The molecule has 0 aromatic carbocycles. The monoisotopic (exact) mass is 364 g/mol. The van der Waals surface area contributed by atoms with Gasteiger partial charge in [-0.3, -0.25) is 15.0 Å². The first-order valence-corrected chi connectivity index (χ1v) is 8.92. The van der Waals surface area contributed by atoms with Crippen LogP contribution in [0, 0.1) is 22.5 Å². The molecule has 8 heteroatoms. The summed E-state index contributed by atoms with van der Waals surface area (Å²) in [5.41, 5.74) is 0. The van der Waals surface area contributed by atoms with E-state index in [0.717, 1.165) is 42.3 Å². The second kappa shape index (κ2) is 12.1. The predicted molar refractivity (Wildman–Crippen MR) is 101 cm³/mol. The van der Waals surface area contributed by atoms with Crippen molar-refractivity contribution in [1.29, 1.82) is 0 Å². The van der Waals surface area contributed by atoms with Crippen molar-refractivity contribution in [2.75, 3.05) is 32.4 Å². The van der Waals surface area contributed by atoms with Crippen LogP contribution in [0.2, 0.25) is 0 Å². The van der Waals surface area contributed by atoms with Crippen molar-refractivity contribution in [1.82, 2.24) is 15.5 Å². The van der Waals surface area contributed by atoms with Crippen molar-refractivity contribution in [3.05, 3.63) is 58.4 Å². The van der Waals surface area contributed by atoms with Crippen LogP contribution in [0.3, 0.4) is 0 Å². The van der Waals surface area contributed by atoms with Crippen LogP contribution in [0.4, 0.5) is 0 Å². The Labute approximate surface area is 152 Å². The zero-order valence-corrected chi connectivity index (χ0v) is 15.2. The first-order chi connectivity index (χ1) is 12.0. The number of hydrogen-bond donors (Lipinski definition) is 2. The van der Waals surface area contributed by atoms with E-state index >= 15 is 0 Å². The van der Waals surface area contributed by atoms with Gasteiger partial charge in [-0.15, -0.1) is 13.0 Å². The van der Waals surface area contributed by atoms with Crippen LogP contribution < -0.4 is 10.6 Å². The van der Waals surface area contributed by atoms with Crippen LogP contribution in [-0.2, 0) is 12.3 Å². The number of hydrogen-bond acceptors (Lipinski definition) is 7. The van der Waals surface area contributed by atoms with Crippen LogP contribution in [-0.4, -0.2) is 42.3 Å². The third-order valence-electron chi connectivity index (χ3n) is 3.01. The number of nitrogens with one attached hydrogen (secondary N) is 2. The van der Waals surface area contributed by atoms with Gasteiger partial charge in [0.15, 0.2) is 5.82 Å². The fraction of sp³-hybridized carbons (Fsp3) is 0.412. The molecule has 0 bridgehead atoms. The van der Waals surface area contributed by atoms with Crippen molar-refractivity contribution < 1.29 is 9.34 Å². The lowest BCUT2D eigenvalue weighted by atomic mass is 10.4. The van der Waals surface area contributed by atoms with Crippen LogP contribution in [0.15, 0.2) is 41.2 Å². The molecule has 1 aromatic rings. The summed E-state index contributed by atoms with van der Waals surface area (Å²) in [7, 11) is 2.01. The average Bonchev–Trinajstić information content (AvgIpc) is 2.99. The molecule has 0 fully saturated rings. The van der Waals surface area contributed by atoms with Gasteiger partial charge in [-0.05, 0) is 19.2 Å². The van der Waals surface area contributed by atoms with E-state index in [1.807, 2.05) is 25.3 Å². The highest BCUT2D eigenvalue weighted by atomic mass is 32.2. The summed E-state index contributed by atoms with van der Waals surface area (Å²) in [6.07, 6.45) is 7.87. The van der Waals surface area contributed by atoms with E-state index in [4.69, 9.17) is 10.8 Å². The Kier molecular flexibility index (Phi) is 9.97. The Morgan fingerprint density at radius 1 is 1.52 bits per heavy atom. The van der Waals surface area contributed by atoms with E-state index in [9.17, 15) is 10.1 Å². The molecule has 0 aliphatic carbocycles. The minimum Gasteiger partial charge on any atom is -0.464 e. The summed E-state index contributed by atoms with van der Waals surface area (Å²) in [6, 6.07) is 3.96. The molecule has 25 heavy (non-hydrogen) atoms. The predicted octanol–water partition coefficient (Wildman–Crippen LogP) is 2.02. The first-order valence-electron chi connectivity index (χ1n) is 7.76. The lowest BCUT2D eigenvalue weighted by Gasteiger charge is -2.11. The third kappa shape index (κ3) is 9.49. The van der Waals surface area contributed by atoms with Crippen LogP contribution >= 0.6 is 11.8 Å². The largest absolute Gasteiger partial charge is 0.464 e. The van der Waals surface area contributed by atoms with E-state index in [1.54, 1.807) is 11.8 Å². The number of nitro groups is 1. The minimum absolute atomic E-state index is 0.231. The molecule has 0 unspecified atom stereocenters. The topological polar surface area (TPSA) is 83.6 Å². The summed E-state index contributed by atoms with van der Waals surface area (Å²) in [5, 5.41) is 16.3. The number of nitrogens with zero attached hydrogens (tertiary/aromatic N) is 2. The SMILES string of the molecule is C#CCNC(=C[N+](=O)[O-])NCCSCc1ccc(CN(C)CC=C)o1. The molecule has 0 radical (unpaired) electrons. The Morgan fingerprint density at radius 3 is 2.96 bits per heavy atom. The van der Waals surface area contributed by atoms with Gasteiger partial charge in [0, 0.05) is 18.8 Å². The fourth-order valence-electron chi connectivity index (χ4n) is 1.97. The highest BCUT2D eigenvalue weighted by Crippen LogP contribution is 2.16.